The number of methoxy groups -OCH3 is 2. The molecule has 8 heteroatoms. The number of likely N-dealkylation sites (tertiary alicyclic amines) is 2. The highest BCUT2D eigenvalue weighted by Gasteiger charge is 2.37. The zero-order valence-electron chi connectivity index (χ0n) is 18.6. The number of hydrogen-bond acceptors (Lipinski definition) is 6. The Hall–Kier alpha value is -2.77. The minimum Gasteiger partial charge on any atom is -0.497 e. The Morgan fingerprint density at radius 1 is 0.935 bits per heavy atom. The Morgan fingerprint density at radius 2 is 1.58 bits per heavy atom. The number of piperidine rings is 2. The molecule has 0 spiro atoms. The van der Waals surface area contributed by atoms with Crippen LogP contribution in [0.3, 0.4) is 0 Å². The fourth-order valence-electron chi connectivity index (χ4n) is 4.36. The number of hydrogen-bond donors (Lipinski definition) is 0. The van der Waals surface area contributed by atoms with Gasteiger partial charge in [-0.25, -0.2) is 4.79 Å². The lowest BCUT2D eigenvalue weighted by Crippen LogP contribution is -2.52. The number of amides is 2. The first kappa shape index (κ1) is 22.9. The van der Waals surface area contributed by atoms with Gasteiger partial charge >= 0.3 is 5.97 Å². The van der Waals surface area contributed by atoms with Crippen LogP contribution >= 0.6 is 0 Å². The number of rotatable bonds is 6. The van der Waals surface area contributed by atoms with Crippen molar-refractivity contribution in [2.75, 3.05) is 40.5 Å². The zero-order valence-corrected chi connectivity index (χ0v) is 18.6. The Labute approximate surface area is 183 Å². The Balaban J connectivity index is 1.63. The molecule has 2 heterocycles. The molecule has 8 nitrogen and oxygen atoms in total. The Kier molecular flexibility index (Phi) is 7.76. The van der Waals surface area contributed by atoms with Gasteiger partial charge in [0.25, 0.3) is 5.91 Å². The van der Waals surface area contributed by atoms with Gasteiger partial charge in [-0.2, -0.15) is 0 Å². The molecule has 1 atom stereocenters. The predicted octanol–water partition coefficient (Wildman–Crippen LogP) is 2.50. The summed E-state index contributed by atoms with van der Waals surface area (Å²) in [5, 5.41) is 0. The van der Waals surface area contributed by atoms with E-state index in [4.69, 9.17) is 14.2 Å². The predicted molar refractivity (Wildman–Crippen MR) is 114 cm³/mol. The maximum atomic E-state index is 13.2. The third kappa shape index (κ3) is 5.29. The molecule has 0 aliphatic carbocycles. The van der Waals surface area contributed by atoms with Gasteiger partial charge in [-0.3, -0.25) is 9.59 Å². The van der Waals surface area contributed by atoms with E-state index in [-0.39, 0.29) is 23.7 Å². The van der Waals surface area contributed by atoms with E-state index in [1.807, 2.05) is 0 Å². The second-order valence-corrected chi connectivity index (χ2v) is 7.96. The quantitative estimate of drug-likeness (QED) is 0.642. The molecule has 31 heavy (non-hydrogen) atoms. The zero-order chi connectivity index (χ0) is 22.4. The van der Waals surface area contributed by atoms with Crippen LogP contribution < -0.4 is 9.47 Å². The van der Waals surface area contributed by atoms with E-state index < -0.39 is 6.04 Å². The van der Waals surface area contributed by atoms with Crippen LogP contribution in [-0.4, -0.2) is 74.1 Å². The molecular weight excluding hydrogens is 400 g/mol. The molecule has 0 saturated carbocycles. The summed E-state index contributed by atoms with van der Waals surface area (Å²) in [6.07, 6.45) is 3.63. The lowest BCUT2D eigenvalue weighted by molar-refractivity contribution is -0.158. The van der Waals surface area contributed by atoms with E-state index >= 15 is 0 Å². The largest absolute Gasteiger partial charge is 0.497 e. The summed E-state index contributed by atoms with van der Waals surface area (Å²) in [5.41, 5.74) is 0.499. The molecule has 2 aliphatic heterocycles. The molecule has 0 bridgehead atoms. The van der Waals surface area contributed by atoms with Gasteiger partial charge in [0.15, 0.2) is 0 Å². The van der Waals surface area contributed by atoms with Gasteiger partial charge in [-0.15, -0.1) is 0 Å². The Bertz CT molecular complexity index is 781. The molecule has 3 rings (SSSR count). The number of nitrogens with zero attached hydrogens (tertiary/aromatic N) is 2. The second-order valence-electron chi connectivity index (χ2n) is 7.96. The lowest BCUT2D eigenvalue weighted by Gasteiger charge is -2.38. The molecule has 2 saturated heterocycles. The van der Waals surface area contributed by atoms with E-state index in [0.29, 0.717) is 62.6 Å². The molecule has 1 unspecified atom stereocenters. The summed E-state index contributed by atoms with van der Waals surface area (Å²) in [7, 11) is 3.09. The van der Waals surface area contributed by atoms with Crippen molar-refractivity contribution in [1.29, 1.82) is 0 Å². The normalized spacial score (nSPS) is 19.6. The average molecular weight is 433 g/mol. The average Bonchev–Trinajstić information content (AvgIpc) is 2.83. The van der Waals surface area contributed by atoms with Gasteiger partial charge in [-0.1, -0.05) is 0 Å². The molecule has 2 amide bonds. The monoisotopic (exact) mass is 432 g/mol. The van der Waals surface area contributed by atoms with Crippen molar-refractivity contribution in [3.05, 3.63) is 23.8 Å². The maximum absolute atomic E-state index is 13.2. The molecule has 2 fully saturated rings. The van der Waals surface area contributed by atoms with Crippen LogP contribution in [0.1, 0.15) is 49.4 Å². The van der Waals surface area contributed by atoms with Crippen LogP contribution in [0.5, 0.6) is 11.5 Å². The summed E-state index contributed by atoms with van der Waals surface area (Å²) in [4.78, 5) is 41.9. The molecule has 1 aromatic rings. The summed E-state index contributed by atoms with van der Waals surface area (Å²) < 4.78 is 15.7. The van der Waals surface area contributed by atoms with Gasteiger partial charge in [0.1, 0.15) is 17.5 Å². The van der Waals surface area contributed by atoms with Crippen molar-refractivity contribution < 1.29 is 28.6 Å². The molecule has 0 aromatic heterocycles. The van der Waals surface area contributed by atoms with Crippen molar-refractivity contribution in [3.8, 4) is 11.5 Å². The molecular formula is C23H32N2O6. The van der Waals surface area contributed by atoms with Crippen LogP contribution in [0, 0.1) is 5.92 Å². The number of carbonyl (C=O) groups is 3. The number of carbonyl (C=O) groups excluding carboxylic acids is 3. The van der Waals surface area contributed by atoms with Crippen LogP contribution in [0.15, 0.2) is 18.2 Å². The van der Waals surface area contributed by atoms with E-state index in [2.05, 4.69) is 0 Å². The van der Waals surface area contributed by atoms with Gasteiger partial charge < -0.3 is 24.0 Å². The van der Waals surface area contributed by atoms with Crippen LogP contribution in [-0.2, 0) is 14.3 Å². The fourth-order valence-corrected chi connectivity index (χ4v) is 4.36. The highest BCUT2D eigenvalue weighted by atomic mass is 16.5. The van der Waals surface area contributed by atoms with Crippen LogP contribution in [0.2, 0.25) is 0 Å². The summed E-state index contributed by atoms with van der Waals surface area (Å²) in [6.45, 7) is 3.66. The third-order valence-electron chi connectivity index (χ3n) is 6.07. The van der Waals surface area contributed by atoms with Crippen molar-refractivity contribution in [1.82, 2.24) is 9.80 Å². The van der Waals surface area contributed by atoms with E-state index in [1.54, 1.807) is 49.1 Å². The third-order valence-corrected chi connectivity index (χ3v) is 6.07. The van der Waals surface area contributed by atoms with Gasteiger partial charge in [0, 0.05) is 37.2 Å². The molecule has 2 aliphatic rings. The topological polar surface area (TPSA) is 85.4 Å². The fraction of sp³-hybridized carbons (Fsp3) is 0.609. The first-order chi connectivity index (χ1) is 15.0. The van der Waals surface area contributed by atoms with Gasteiger partial charge in [0.05, 0.1) is 20.8 Å². The van der Waals surface area contributed by atoms with Crippen LogP contribution in [0.25, 0.3) is 0 Å². The van der Waals surface area contributed by atoms with Crippen molar-refractivity contribution in [2.24, 2.45) is 5.92 Å². The number of ether oxygens (including phenoxy) is 3. The maximum Gasteiger partial charge on any atom is 0.328 e. The van der Waals surface area contributed by atoms with Gasteiger partial charge in [-0.05, 0) is 51.2 Å². The molecule has 170 valence electrons. The lowest BCUT2D eigenvalue weighted by atomic mass is 9.92. The second kappa shape index (κ2) is 10.5. The highest BCUT2D eigenvalue weighted by Crippen LogP contribution is 2.28. The minimum atomic E-state index is -0.481. The smallest absolute Gasteiger partial charge is 0.328 e. The minimum absolute atomic E-state index is 0.00732. The summed E-state index contributed by atoms with van der Waals surface area (Å²) in [5.74, 6) is 0.526. The summed E-state index contributed by atoms with van der Waals surface area (Å²) in [6, 6.07) is 4.63. The first-order valence-electron chi connectivity index (χ1n) is 11.0. The van der Waals surface area contributed by atoms with Crippen molar-refractivity contribution >= 4 is 17.8 Å². The van der Waals surface area contributed by atoms with Crippen molar-refractivity contribution in [2.45, 2.75) is 45.1 Å². The number of esters is 1. The van der Waals surface area contributed by atoms with Crippen molar-refractivity contribution in [3.63, 3.8) is 0 Å². The van der Waals surface area contributed by atoms with Gasteiger partial charge in [0.2, 0.25) is 5.91 Å². The Morgan fingerprint density at radius 3 is 2.16 bits per heavy atom. The van der Waals surface area contributed by atoms with Crippen LogP contribution in [0.4, 0.5) is 0 Å². The highest BCUT2D eigenvalue weighted by molar-refractivity contribution is 5.95. The van der Waals surface area contributed by atoms with E-state index in [1.165, 1.54) is 0 Å². The summed E-state index contributed by atoms with van der Waals surface area (Å²) >= 11 is 0. The first-order valence-corrected chi connectivity index (χ1v) is 11.0. The molecule has 0 radical (unpaired) electrons. The number of benzene rings is 1. The molecule has 1 aromatic carbocycles. The van der Waals surface area contributed by atoms with E-state index in [9.17, 15) is 14.4 Å². The molecule has 0 N–H and O–H groups in total. The van der Waals surface area contributed by atoms with E-state index in [0.717, 1.165) is 12.8 Å². The standard InChI is InChI=1S/C23H32N2O6/c1-4-31-23(28)20-7-5-6-10-25(20)22(27)16-8-11-24(12-9-16)21(26)17-13-18(29-2)15-19(14-17)30-3/h13-16,20H,4-12H2,1-3H3. The SMILES string of the molecule is CCOC(=O)C1CCCCN1C(=O)C1CCN(C(=O)c2cc(OC)cc(OC)c2)CC1.